The van der Waals surface area contributed by atoms with Crippen LogP contribution in [0, 0.1) is 6.92 Å². The number of hydrogen-bond donors (Lipinski definition) is 1. The summed E-state index contributed by atoms with van der Waals surface area (Å²) < 4.78 is 0. The van der Waals surface area contributed by atoms with Gasteiger partial charge in [0.25, 0.3) is 0 Å². The van der Waals surface area contributed by atoms with Crippen LogP contribution in [0.1, 0.15) is 18.4 Å². The molecule has 1 saturated heterocycles. The maximum absolute atomic E-state index is 8.92. The molecule has 78 valence electrons. The number of rotatable bonds is 0. The van der Waals surface area contributed by atoms with Crippen LogP contribution in [-0.2, 0) is 0 Å². The average Bonchev–Trinajstić information content (AvgIpc) is 2.53. The van der Waals surface area contributed by atoms with Crippen LogP contribution in [0.2, 0.25) is 0 Å². The van der Waals surface area contributed by atoms with E-state index in [-0.39, 0.29) is 6.23 Å². The van der Waals surface area contributed by atoms with Gasteiger partial charge in [0.15, 0.2) is 0 Å². The van der Waals surface area contributed by atoms with Crippen LogP contribution in [0.5, 0.6) is 0 Å². The van der Waals surface area contributed by atoms with E-state index in [0.717, 1.165) is 19.4 Å². The molecule has 0 radical (unpaired) electrons. The van der Waals surface area contributed by atoms with Crippen LogP contribution < -0.4 is 0 Å². The standard InChI is InChI=1S/C6H7N.C5H11NO/c1-6-3-2-4-7-5-6;1-6-4-2-3-5(6)7/h2-5H,1H3;5,7H,2-4H2,1H3/t;5-/m.0/s1. The molecular weight excluding hydrogens is 176 g/mol. The summed E-state index contributed by atoms with van der Waals surface area (Å²) in [7, 11) is 1.94. The Balaban J connectivity index is 0.000000140. The van der Waals surface area contributed by atoms with Crippen molar-refractivity contribution >= 4 is 0 Å². The molecule has 2 rings (SSSR count). The van der Waals surface area contributed by atoms with Crippen LogP contribution in [0.25, 0.3) is 0 Å². The molecule has 2 heterocycles. The first kappa shape index (κ1) is 11.1. The number of aliphatic hydroxyl groups is 1. The van der Waals surface area contributed by atoms with Crippen molar-refractivity contribution in [2.24, 2.45) is 0 Å². The fourth-order valence-electron chi connectivity index (χ4n) is 1.34. The van der Waals surface area contributed by atoms with Gasteiger partial charge in [-0.3, -0.25) is 9.88 Å². The topological polar surface area (TPSA) is 36.4 Å². The number of pyridine rings is 1. The minimum atomic E-state index is -0.153. The lowest BCUT2D eigenvalue weighted by molar-refractivity contribution is 0.0574. The van der Waals surface area contributed by atoms with E-state index < -0.39 is 0 Å². The molecule has 1 aromatic rings. The summed E-state index contributed by atoms with van der Waals surface area (Å²) in [4.78, 5) is 5.84. The van der Waals surface area contributed by atoms with Gasteiger partial charge in [0.1, 0.15) is 6.23 Å². The molecule has 1 aliphatic heterocycles. The maximum Gasteiger partial charge on any atom is 0.107 e. The third kappa shape index (κ3) is 3.85. The highest BCUT2D eigenvalue weighted by Crippen LogP contribution is 2.10. The lowest BCUT2D eigenvalue weighted by Gasteiger charge is -2.10. The largest absolute Gasteiger partial charge is 0.378 e. The van der Waals surface area contributed by atoms with Crippen molar-refractivity contribution in [3.05, 3.63) is 30.1 Å². The van der Waals surface area contributed by atoms with E-state index in [0.29, 0.717) is 0 Å². The molecule has 1 atom stereocenters. The van der Waals surface area contributed by atoms with Crippen molar-refractivity contribution < 1.29 is 5.11 Å². The molecule has 0 spiro atoms. The minimum absolute atomic E-state index is 0.153. The predicted molar refractivity (Wildman–Crippen MR) is 56.8 cm³/mol. The van der Waals surface area contributed by atoms with Crippen molar-refractivity contribution in [3.63, 3.8) is 0 Å². The van der Waals surface area contributed by atoms with Crippen LogP contribution in [0.15, 0.2) is 24.5 Å². The Morgan fingerprint density at radius 1 is 1.57 bits per heavy atom. The number of likely N-dealkylation sites (tertiary alicyclic amines) is 1. The van der Waals surface area contributed by atoms with Crippen LogP contribution in [0.4, 0.5) is 0 Å². The number of aliphatic hydroxyl groups excluding tert-OH is 1. The number of aromatic nitrogens is 1. The molecule has 0 unspecified atom stereocenters. The highest BCUT2D eigenvalue weighted by atomic mass is 16.3. The molecule has 1 N–H and O–H groups in total. The number of hydrogen-bond acceptors (Lipinski definition) is 3. The summed E-state index contributed by atoms with van der Waals surface area (Å²) in [6.45, 7) is 3.08. The first-order valence-corrected chi connectivity index (χ1v) is 4.95. The van der Waals surface area contributed by atoms with Gasteiger partial charge in [0.05, 0.1) is 0 Å². The highest BCUT2D eigenvalue weighted by Gasteiger charge is 2.16. The zero-order chi connectivity index (χ0) is 10.4. The fraction of sp³-hybridized carbons (Fsp3) is 0.545. The van der Waals surface area contributed by atoms with Crippen LogP contribution in [0.3, 0.4) is 0 Å². The normalized spacial score (nSPS) is 21.5. The fourth-order valence-corrected chi connectivity index (χ4v) is 1.34. The van der Waals surface area contributed by atoms with Gasteiger partial charge >= 0.3 is 0 Å². The Kier molecular flexibility index (Phi) is 4.56. The Bertz CT molecular complexity index is 243. The van der Waals surface area contributed by atoms with Gasteiger partial charge in [-0.15, -0.1) is 0 Å². The Morgan fingerprint density at radius 2 is 2.36 bits per heavy atom. The Hall–Kier alpha value is -0.930. The third-order valence-electron chi connectivity index (χ3n) is 2.29. The predicted octanol–water partition coefficient (Wildman–Crippen LogP) is 1.42. The second kappa shape index (κ2) is 5.73. The smallest absolute Gasteiger partial charge is 0.107 e. The van der Waals surface area contributed by atoms with E-state index in [1.807, 2.05) is 37.2 Å². The molecule has 0 aliphatic carbocycles. The van der Waals surface area contributed by atoms with Gasteiger partial charge in [-0.2, -0.15) is 0 Å². The van der Waals surface area contributed by atoms with Crippen molar-refractivity contribution in [2.45, 2.75) is 26.0 Å². The summed E-state index contributed by atoms with van der Waals surface area (Å²) in [5, 5.41) is 8.92. The quantitative estimate of drug-likeness (QED) is 0.678. The molecule has 1 aromatic heterocycles. The van der Waals surface area contributed by atoms with Crippen molar-refractivity contribution in [2.75, 3.05) is 13.6 Å². The molecule has 0 saturated carbocycles. The van der Waals surface area contributed by atoms with Crippen LogP contribution >= 0.6 is 0 Å². The van der Waals surface area contributed by atoms with Gasteiger partial charge in [0, 0.05) is 18.9 Å². The van der Waals surface area contributed by atoms with E-state index >= 15 is 0 Å². The minimum Gasteiger partial charge on any atom is -0.378 e. The first-order valence-electron chi connectivity index (χ1n) is 4.95. The van der Waals surface area contributed by atoms with Gasteiger partial charge in [-0.05, 0) is 38.4 Å². The molecular formula is C11H18N2O. The molecule has 1 fully saturated rings. The molecule has 3 heteroatoms. The van der Waals surface area contributed by atoms with E-state index in [1.54, 1.807) is 6.20 Å². The summed E-state index contributed by atoms with van der Waals surface area (Å²) in [5.41, 5.74) is 1.21. The molecule has 1 aliphatic rings. The van der Waals surface area contributed by atoms with E-state index in [4.69, 9.17) is 5.11 Å². The molecule has 14 heavy (non-hydrogen) atoms. The molecule has 3 nitrogen and oxygen atoms in total. The van der Waals surface area contributed by atoms with Gasteiger partial charge < -0.3 is 5.11 Å². The van der Waals surface area contributed by atoms with Crippen molar-refractivity contribution in [1.82, 2.24) is 9.88 Å². The first-order chi connectivity index (χ1) is 6.70. The Morgan fingerprint density at radius 3 is 2.57 bits per heavy atom. The van der Waals surface area contributed by atoms with Crippen molar-refractivity contribution in [3.8, 4) is 0 Å². The molecule has 0 bridgehead atoms. The van der Waals surface area contributed by atoms with E-state index in [9.17, 15) is 0 Å². The third-order valence-corrected chi connectivity index (χ3v) is 2.29. The molecule has 0 amide bonds. The second-order valence-electron chi connectivity index (χ2n) is 3.63. The average molecular weight is 194 g/mol. The van der Waals surface area contributed by atoms with Gasteiger partial charge in [0.2, 0.25) is 0 Å². The number of aryl methyl sites for hydroxylation is 1. The summed E-state index contributed by atoms with van der Waals surface area (Å²) in [6.07, 6.45) is 5.56. The van der Waals surface area contributed by atoms with Gasteiger partial charge in [-0.25, -0.2) is 0 Å². The Labute approximate surface area is 85.4 Å². The SMILES string of the molecule is CN1CCC[C@@H]1O.Cc1cccnc1. The van der Waals surface area contributed by atoms with E-state index in [2.05, 4.69) is 4.98 Å². The zero-order valence-electron chi connectivity index (χ0n) is 8.85. The van der Waals surface area contributed by atoms with E-state index in [1.165, 1.54) is 5.56 Å². The van der Waals surface area contributed by atoms with Crippen LogP contribution in [-0.4, -0.2) is 34.8 Å². The molecule has 0 aromatic carbocycles. The van der Waals surface area contributed by atoms with Crippen molar-refractivity contribution in [1.29, 1.82) is 0 Å². The lowest BCUT2D eigenvalue weighted by Crippen LogP contribution is -2.23. The highest BCUT2D eigenvalue weighted by molar-refractivity contribution is 5.04. The lowest BCUT2D eigenvalue weighted by atomic mass is 10.3. The zero-order valence-corrected chi connectivity index (χ0v) is 8.85. The number of nitrogens with zero attached hydrogens (tertiary/aromatic N) is 2. The van der Waals surface area contributed by atoms with Gasteiger partial charge in [-0.1, -0.05) is 6.07 Å². The monoisotopic (exact) mass is 194 g/mol. The summed E-state index contributed by atoms with van der Waals surface area (Å²) in [6, 6.07) is 3.95. The summed E-state index contributed by atoms with van der Waals surface area (Å²) >= 11 is 0. The maximum atomic E-state index is 8.92. The summed E-state index contributed by atoms with van der Waals surface area (Å²) in [5.74, 6) is 0. The second-order valence-corrected chi connectivity index (χ2v) is 3.63.